The molecule has 0 saturated carbocycles. The smallest absolute Gasteiger partial charge is 0.316 e. The van der Waals surface area contributed by atoms with Gasteiger partial charge in [-0.1, -0.05) is 6.07 Å². The number of nitrogens with two attached hydrogens (primary N) is 1. The normalized spacial score (nSPS) is 10.8. The van der Waals surface area contributed by atoms with Crippen LogP contribution in [0.5, 0.6) is 0 Å². The number of urea groups is 1. The minimum absolute atomic E-state index is 0.298. The van der Waals surface area contributed by atoms with E-state index < -0.39 is 21.3 Å². The fraction of sp³-hybridized carbons (Fsp3) is 0.125. The summed E-state index contributed by atoms with van der Waals surface area (Å²) in [6.45, 7) is 0. The van der Waals surface area contributed by atoms with E-state index in [1.54, 1.807) is 12.1 Å². The Balaban J connectivity index is 2.87. The Morgan fingerprint density at radius 2 is 2.00 bits per heavy atom. The molecule has 1 aromatic rings. The summed E-state index contributed by atoms with van der Waals surface area (Å²) in [7, 11) is -3.55. The number of anilines is 2. The van der Waals surface area contributed by atoms with Gasteiger partial charge >= 0.3 is 6.03 Å². The molecule has 16 heavy (non-hydrogen) atoms. The van der Waals surface area contributed by atoms with Crippen LogP contribution in [0.25, 0.3) is 0 Å². The van der Waals surface area contributed by atoms with Gasteiger partial charge in [-0.2, -0.15) is 0 Å². The summed E-state index contributed by atoms with van der Waals surface area (Å²) in [5.41, 5.74) is 5.61. The number of carbonyl (C=O) groups is 1. The molecule has 0 heterocycles. The maximum Gasteiger partial charge on any atom is 0.316 e. The van der Waals surface area contributed by atoms with Crippen LogP contribution in [0.1, 0.15) is 0 Å². The minimum Gasteiger partial charge on any atom is -0.351 e. The van der Waals surface area contributed by atoms with Crippen molar-refractivity contribution in [2.45, 2.75) is 0 Å². The first-order valence-corrected chi connectivity index (χ1v) is 6.34. The lowest BCUT2D eigenvalue weighted by molar-refractivity contribution is 0.259. The summed E-state index contributed by atoms with van der Waals surface area (Å²) in [5, 5.41) is 1.78. The van der Waals surface area contributed by atoms with Crippen LogP contribution in [0.2, 0.25) is 0 Å². The van der Waals surface area contributed by atoms with Gasteiger partial charge in [0.25, 0.3) is 0 Å². The average Bonchev–Trinajstić information content (AvgIpc) is 2.16. The Hall–Kier alpha value is -1.47. The summed E-state index contributed by atoms with van der Waals surface area (Å²) in [4.78, 5) is 10.6. The highest BCUT2D eigenvalue weighted by Crippen LogP contribution is 2.16. The largest absolute Gasteiger partial charge is 0.351 e. The van der Waals surface area contributed by atoms with E-state index in [1.165, 1.54) is 12.1 Å². The van der Waals surface area contributed by atoms with Crippen molar-refractivity contribution < 1.29 is 13.2 Å². The molecule has 0 unspecified atom stereocenters. The van der Waals surface area contributed by atoms with Gasteiger partial charge < -0.3 is 11.1 Å². The number of rotatable bonds is 4. The topological polar surface area (TPSA) is 101 Å². The third-order valence-electron chi connectivity index (χ3n) is 1.55. The number of halogens is 1. The molecular formula is C8H10ClN3O3S. The van der Waals surface area contributed by atoms with Crippen LogP contribution in [-0.4, -0.2) is 19.7 Å². The van der Waals surface area contributed by atoms with Gasteiger partial charge in [0.1, 0.15) is 5.21 Å². The van der Waals surface area contributed by atoms with Crippen molar-refractivity contribution in [1.29, 1.82) is 0 Å². The maximum absolute atomic E-state index is 11.1. The zero-order chi connectivity index (χ0) is 12.2. The lowest BCUT2D eigenvalue weighted by atomic mass is 10.3. The monoisotopic (exact) mass is 263 g/mol. The molecule has 0 aromatic heterocycles. The van der Waals surface area contributed by atoms with Gasteiger partial charge in [0.05, 0.1) is 5.69 Å². The van der Waals surface area contributed by atoms with Crippen LogP contribution >= 0.6 is 11.6 Å². The van der Waals surface area contributed by atoms with E-state index in [0.29, 0.717) is 11.4 Å². The molecule has 0 saturated heterocycles. The van der Waals surface area contributed by atoms with Crippen LogP contribution in [0.4, 0.5) is 16.2 Å². The summed E-state index contributed by atoms with van der Waals surface area (Å²) in [6.07, 6.45) is 0. The van der Waals surface area contributed by atoms with Crippen LogP contribution in [0.15, 0.2) is 24.3 Å². The number of amides is 2. The van der Waals surface area contributed by atoms with E-state index in [9.17, 15) is 13.2 Å². The first kappa shape index (κ1) is 12.6. The Morgan fingerprint density at radius 1 is 1.38 bits per heavy atom. The average molecular weight is 264 g/mol. The van der Waals surface area contributed by atoms with Crippen LogP contribution in [-0.2, 0) is 10.0 Å². The summed E-state index contributed by atoms with van der Waals surface area (Å²) in [5.74, 6) is 0. The van der Waals surface area contributed by atoms with Gasteiger partial charge in [0.2, 0.25) is 10.0 Å². The second-order valence-electron chi connectivity index (χ2n) is 2.90. The first-order valence-electron chi connectivity index (χ1n) is 4.16. The van der Waals surface area contributed by atoms with Gasteiger partial charge in [-0.3, -0.25) is 4.72 Å². The SMILES string of the molecule is NC(=O)Nc1cccc(NS(=O)(=O)CCl)c1. The number of sulfonamides is 1. The predicted molar refractivity (Wildman–Crippen MR) is 62.9 cm³/mol. The van der Waals surface area contributed by atoms with Gasteiger partial charge in [-0.25, -0.2) is 13.2 Å². The van der Waals surface area contributed by atoms with E-state index >= 15 is 0 Å². The van der Waals surface area contributed by atoms with Crippen LogP contribution < -0.4 is 15.8 Å². The van der Waals surface area contributed by atoms with Crippen molar-refractivity contribution in [1.82, 2.24) is 0 Å². The Bertz CT molecular complexity index is 489. The number of hydrogen-bond donors (Lipinski definition) is 3. The quantitative estimate of drug-likeness (QED) is 0.709. The molecule has 0 aliphatic carbocycles. The molecule has 0 aliphatic heterocycles. The summed E-state index contributed by atoms with van der Waals surface area (Å²) >= 11 is 5.23. The fourth-order valence-corrected chi connectivity index (χ4v) is 1.71. The number of primary amides is 1. The van der Waals surface area contributed by atoms with E-state index in [2.05, 4.69) is 10.0 Å². The van der Waals surface area contributed by atoms with Gasteiger partial charge in [0, 0.05) is 5.69 Å². The molecule has 1 aromatic carbocycles. The maximum atomic E-state index is 11.1. The summed E-state index contributed by atoms with van der Waals surface area (Å²) in [6, 6.07) is 5.36. The highest BCUT2D eigenvalue weighted by molar-refractivity contribution is 7.93. The zero-order valence-corrected chi connectivity index (χ0v) is 9.68. The van der Waals surface area contributed by atoms with Crippen LogP contribution in [0.3, 0.4) is 0 Å². The van der Waals surface area contributed by atoms with Gasteiger partial charge in [-0.15, -0.1) is 11.6 Å². The number of alkyl halides is 1. The van der Waals surface area contributed by atoms with Crippen molar-refractivity contribution >= 4 is 39.0 Å². The molecule has 2 amide bonds. The molecule has 0 aliphatic rings. The molecular weight excluding hydrogens is 254 g/mol. The second kappa shape index (κ2) is 5.04. The molecule has 8 heteroatoms. The first-order chi connectivity index (χ1) is 7.43. The van der Waals surface area contributed by atoms with E-state index in [-0.39, 0.29) is 0 Å². The standard InChI is InChI=1S/C8H10ClN3O3S/c9-5-16(14,15)12-7-3-1-2-6(4-7)11-8(10)13/h1-4,12H,5H2,(H3,10,11,13). The number of nitrogens with one attached hydrogen (secondary N) is 2. The molecule has 1 rings (SSSR count). The fourth-order valence-electron chi connectivity index (χ4n) is 1.01. The molecule has 0 spiro atoms. The third-order valence-corrected chi connectivity index (χ3v) is 3.24. The van der Waals surface area contributed by atoms with Crippen LogP contribution in [0, 0.1) is 0 Å². The molecule has 88 valence electrons. The minimum atomic E-state index is -3.55. The lowest BCUT2D eigenvalue weighted by Crippen LogP contribution is -2.19. The van der Waals surface area contributed by atoms with Crippen molar-refractivity contribution in [2.75, 3.05) is 15.3 Å². The molecule has 4 N–H and O–H groups in total. The number of carbonyl (C=O) groups excluding carboxylic acids is 1. The number of benzene rings is 1. The van der Waals surface area contributed by atoms with Gasteiger partial charge in [0.15, 0.2) is 0 Å². The van der Waals surface area contributed by atoms with E-state index in [0.717, 1.165) is 0 Å². The molecule has 0 atom stereocenters. The predicted octanol–water partition coefficient (Wildman–Crippen LogP) is 1.12. The van der Waals surface area contributed by atoms with Gasteiger partial charge in [-0.05, 0) is 18.2 Å². The molecule has 0 radical (unpaired) electrons. The highest BCUT2D eigenvalue weighted by Gasteiger charge is 2.08. The van der Waals surface area contributed by atoms with Crippen molar-refractivity contribution in [3.05, 3.63) is 24.3 Å². The Labute approximate surface area is 97.8 Å². The second-order valence-corrected chi connectivity index (χ2v) is 5.20. The lowest BCUT2D eigenvalue weighted by Gasteiger charge is -2.07. The Kier molecular flexibility index (Phi) is 3.97. The number of hydrogen-bond acceptors (Lipinski definition) is 3. The van der Waals surface area contributed by atoms with E-state index in [4.69, 9.17) is 17.3 Å². The molecule has 6 nitrogen and oxygen atoms in total. The zero-order valence-electron chi connectivity index (χ0n) is 8.10. The molecule has 0 bridgehead atoms. The summed E-state index contributed by atoms with van der Waals surface area (Å²) < 4.78 is 24.5. The molecule has 0 fully saturated rings. The van der Waals surface area contributed by atoms with Crippen molar-refractivity contribution in [2.24, 2.45) is 5.73 Å². The highest BCUT2D eigenvalue weighted by atomic mass is 35.5. The van der Waals surface area contributed by atoms with E-state index in [1.807, 2.05) is 0 Å². The third kappa shape index (κ3) is 3.95. The van der Waals surface area contributed by atoms with Crippen molar-refractivity contribution in [3.63, 3.8) is 0 Å². The van der Waals surface area contributed by atoms with Crippen molar-refractivity contribution in [3.8, 4) is 0 Å². The Morgan fingerprint density at radius 3 is 2.56 bits per heavy atom.